The molecule has 0 bridgehead atoms. The highest BCUT2D eigenvalue weighted by Crippen LogP contribution is 2.21. The van der Waals surface area contributed by atoms with Gasteiger partial charge in [-0.15, -0.1) is 0 Å². The zero-order valence-electron chi connectivity index (χ0n) is 9.34. The van der Waals surface area contributed by atoms with Gasteiger partial charge in [-0.25, -0.2) is 0 Å². The summed E-state index contributed by atoms with van der Waals surface area (Å²) < 4.78 is 0.621. The van der Waals surface area contributed by atoms with Crippen LogP contribution in [-0.4, -0.2) is 11.9 Å². The van der Waals surface area contributed by atoms with Crippen LogP contribution in [0, 0.1) is 11.3 Å². The molecule has 0 fully saturated rings. The molecule has 0 saturated heterocycles. The summed E-state index contributed by atoms with van der Waals surface area (Å²) in [5.74, 6) is -0.270. The zero-order chi connectivity index (χ0) is 12.8. The van der Waals surface area contributed by atoms with Crippen LogP contribution in [0.25, 0.3) is 0 Å². The van der Waals surface area contributed by atoms with Gasteiger partial charge in [-0.2, -0.15) is 5.26 Å². The summed E-state index contributed by atoms with van der Waals surface area (Å²) in [5.41, 5.74) is 0.478. The molecule has 0 aliphatic carbocycles. The number of rotatable bonds is 4. The summed E-state index contributed by atoms with van der Waals surface area (Å²) >= 11 is 9.06. The van der Waals surface area contributed by atoms with E-state index >= 15 is 0 Å². The van der Waals surface area contributed by atoms with E-state index in [-0.39, 0.29) is 5.91 Å². The number of halogens is 2. The fourth-order valence-corrected chi connectivity index (χ4v) is 2.23. The largest absolute Gasteiger partial charge is 0.336 e. The van der Waals surface area contributed by atoms with Crippen LogP contribution >= 0.6 is 27.5 Å². The highest BCUT2D eigenvalue weighted by molar-refractivity contribution is 9.10. The van der Waals surface area contributed by atoms with Crippen LogP contribution in [-0.2, 0) is 0 Å². The minimum absolute atomic E-state index is 0.270. The number of carbonyl (C=O) groups excluding carboxylic acids is 1. The highest BCUT2D eigenvalue weighted by atomic mass is 79.9. The van der Waals surface area contributed by atoms with E-state index in [0.717, 1.165) is 6.42 Å². The van der Waals surface area contributed by atoms with E-state index < -0.39 is 6.04 Å². The molecule has 0 radical (unpaired) electrons. The van der Waals surface area contributed by atoms with Crippen LogP contribution < -0.4 is 5.32 Å². The Bertz CT molecular complexity index is 456. The standard InChI is InChI=1S/C12H12BrClN2O/c1-2-3-9(7-15)16-12(17)10-5-4-8(14)6-11(10)13/h4-6,9H,2-3H2,1H3,(H,16,17). The molecule has 90 valence electrons. The average molecular weight is 316 g/mol. The molecule has 1 N–H and O–H groups in total. The van der Waals surface area contributed by atoms with Gasteiger partial charge in [0, 0.05) is 9.50 Å². The van der Waals surface area contributed by atoms with Crippen molar-refractivity contribution in [1.82, 2.24) is 5.32 Å². The van der Waals surface area contributed by atoms with Gasteiger partial charge in [0.1, 0.15) is 6.04 Å². The lowest BCUT2D eigenvalue weighted by molar-refractivity contribution is 0.0943. The monoisotopic (exact) mass is 314 g/mol. The minimum Gasteiger partial charge on any atom is -0.336 e. The van der Waals surface area contributed by atoms with Crippen LogP contribution in [0.4, 0.5) is 0 Å². The molecule has 1 aromatic carbocycles. The Morgan fingerprint density at radius 2 is 2.35 bits per heavy atom. The van der Waals surface area contributed by atoms with E-state index in [1.54, 1.807) is 18.2 Å². The van der Waals surface area contributed by atoms with E-state index in [0.29, 0.717) is 21.5 Å². The number of benzene rings is 1. The lowest BCUT2D eigenvalue weighted by Crippen LogP contribution is -2.33. The van der Waals surface area contributed by atoms with E-state index in [4.69, 9.17) is 16.9 Å². The van der Waals surface area contributed by atoms with Crippen LogP contribution in [0.2, 0.25) is 5.02 Å². The fourth-order valence-electron chi connectivity index (χ4n) is 1.37. The first kappa shape index (κ1) is 14.0. The molecule has 0 saturated carbocycles. The van der Waals surface area contributed by atoms with Crippen molar-refractivity contribution in [2.24, 2.45) is 0 Å². The predicted molar refractivity (Wildman–Crippen MR) is 70.9 cm³/mol. The summed E-state index contributed by atoms with van der Waals surface area (Å²) in [5, 5.41) is 12.1. The summed E-state index contributed by atoms with van der Waals surface area (Å²) in [6.07, 6.45) is 1.49. The van der Waals surface area contributed by atoms with Crippen molar-refractivity contribution in [1.29, 1.82) is 5.26 Å². The quantitative estimate of drug-likeness (QED) is 0.924. The minimum atomic E-state index is -0.449. The fraction of sp³-hybridized carbons (Fsp3) is 0.333. The Hall–Kier alpha value is -1.05. The number of amides is 1. The van der Waals surface area contributed by atoms with E-state index in [9.17, 15) is 4.79 Å². The Morgan fingerprint density at radius 3 is 2.88 bits per heavy atom. The van der Waals surface area contributed by atoms with E-state index in [1.165, 1.54) is 0 Å². The molecule has 0 spiro atoms. The Kier molecular flexibility index (Phi) is 5.46. The second-order valence-corrected chi connectivity index (χ2v) is 4.86. The van der Waals surface area contributed by atoms with Crippen LogP contribution in [0.15, 0.2) is 22.7 Å². The maximum atomic E-state index is 11.9. The predicted octanol–water partition coefficient (Wildman–Crippen LogP) is 3.52. The first-order valence-electron chi connectivity index (χ1n) is 5.24. The summed E-state index contributed by atoms with van der Waals surface area (Å²) in [4.78, 5) is 11.9. The van der Waals surface area contributed by atoms with Gasteiger partial charge in [0.25, 0.3) is 5.91 Å². The van der Waals surface area contributed by atoms with Crippen molar-refractivity contribution in [3.63, 3.8) is 0 Å². The molecule has 5 heteroatoms. The van der Waals surface area contributed by atoms with Crippen molar-refractivity contribution >= 4 is 33.4 Å². The Balaban J connectivity index is 2.79. The van der Waals surface area contributed by atoms with Gasteiger partial charge in [0.2, 0.25) is 0 Å². The maximum absolute atomic E-state index is 11.9. The summed E-state index contributed by atoms with van der Waals surface area (Å²) in [6.45, 7) is 1.97. The number of hydrogen-bond acceptors (Lipinski definition) is 2. The van der Waals surface area contributed by atoms with Crippen molar-refractivity contribution in [3.05, 3.63) is 33.3 Å². The number of nitrogens with one attached hydrogen (secondary N) is 1. The normalized spacial score (nSPS) is 11.6. The van der Waals surface area contributed by atoms with E-state index in [1.807, 2.05) is 6.92 Å². The molecule has 0 aliphatic rings. The molecule has 1 rings (SSSR count). The lowest BCUT2D eigenvalue weighted by atomic mass is 10.1. The van der Waals surface area contributed by atoms with Crippen molar-refractivity contribution in [2.75, 3.05) is 0 Å². The van der Waals surface area contributed by atoms with Crippen molar-refractivity contribution in [3.8, 4) is 6.07 Å². The molecular weight excluding hydrogens is 304 g/mol. The van der Waals surface area contributed by atoms with Crippen molar-refractivity contribution in [2.45, 2.75) is 25.8 Å². The van der Waals surface area contributed by atoms with Gasteiger partial charge >= 0.3 is 0 Å². The Labute approximate surface area is 114 Å². The van der Waals surface area contributed by atoms with Gasteiger partial charge in [-0.3, -0.25) is 4.79 Å². The summed E-state index contributed by atoms with van der Waals surface area (Å²) in [6, 6.07) is 6.53. The highest BCUT2D eigenvalue weighted by Gasteiger charge is 2.14. The number of carbonyl (C=O) groups is 1. The molecule has 1 unspecified atom stereocenters. The van der Waals surface area contributed by atoms with Gasteiger partial charge in [-0.1, -0.05) is 24.9 Å². The van der Waals surface area contributed by atoms with Crippen molar-refractivity contribution < 1.29 is 4.79 Å². The first-order chi connectivity index (χ1) is 8.08. The molecule has 17 heavy (non-hydrogen) atoms. The second kappa shape index (κ2) is 6.63. The molecule has 3 nitrogen and oxygen atoms in total. The number of nitrogens with zero attached hydrogens (tertiary/aromatic N) is 1. The van der Waals surface area contributed by atoms with Gasteiger partial charge in [0.15, 0.2) is 0 Å². The Morgan fingerprint density at radius 1 is 1.65 bits per heavy atom. The van der Waals surface area contributed by atoms with Gasteiger partial charge in [-0.05, 0) is 40.5 Å². The lowest BCUT2D eigenvalue weighted by Gasteiger charge is -2.11. The average Bonchev–Trinajstić information content (AvgIpc) is 2.28. The molecule has 0 heterocycles. The third-order valence-electron chi connectivity index (χ3n) is 2.21. The third kappa shape index (κ3) is 4.03. The molecule has 1 atom stereocenters. The molecule has 1 aromatic rings. The number of hydrogen-bond donors (Lipinski definition) is 1. The molecule has 0 aromatic heterocycles. The van der Waals surface area contributed by atoms with E-state index in [2.05, 4.69) is 27.3 Å². The smallest absolute Gasteiger partial charge is 0.253 e. The second-order valence-electron chi connectivity index (χ2n) is 3.57. The molecular formula is C12H12BrClN2O. The topological polar surface area (TPSA) is 52.9 Å². The van der Waals surface area contributed by atoms with Gasteiger partial charge < -0.3 is 5.32 Å². The van der Waals surface area contributed by atoms with Crippen LogP contribution in [0.5, 0.6) is 0 Å². The zero-order valence-corrected chi connectivity index (χ0v) is 11.7. The SMILES string of the molecule is CCCC(C#N)NC(=O)c1ccc(Cl)cc1Br. The summed E-state index contributed by atoms with van der Waals surface area (Å²) in [7, 11) is 0. The number of nitriles is 1. The maximum Gasteiger partial charge on any atom is 0.253 e. The van der Waals surface area contributed by atoms with Crippen LogP contribution in [0.1, 0.15) is 30.1 Å². The molecule has 1 amide bonds. The van der Waals surface area contributed by atoms with Gasteiger partial charge in [0.05, 0.1) is 11.6 Å². The molecule has 0 aliphatic heterocycles. The van der Waals surface area contributed by atoms with Crippen LogP contribution in [0.3, 0.4) is 0 Å². The third-order valence-corrected chi connectivity index (χ3v) is 3.11. The first-order valence-corrected chi connectivity index (χ1v) is 6.41.